The van der Waals surface area contributed by atoms with Crippen LogP contribution < -0.4 is 14.9 Å². The normalized spacial score (nSPS) is 10.5. The second-order valence-electron chi connectivity index (χ2n) is 4.35. The Bertz CT molecular complexity index is 702. The maximum Gasteiger partial charge on any atom is 0.308 e. The zero-order valence-corrected chi connectivity index (χ0v) is 12.9. The Morgan fingerprint density at radius 2 is 2.00 bits per heavy atom. The van der Waals surface area contributed by atoms with Crippen molar-refractivity contribution in [3.8, 4) is 11.5 Å². The molecule has 0 amide bonds. The smallest absolute Gasteiger partial charge is 0.308 e. The number of methoxy groups -OCH3 is 1. The molecule has 0 aromatic heterocycles. The lowest BCUT2D eigenvalue weighted by Gasteiger charge is -2.08. The largest absolute Gasteiger partial charge is 0.493 e. The summed E-state index contributed by atoms with van der Waals surface area (Å²) in [5, 5.41) is 4.70. The number of benzene rings is 2. The first-order valence-electron chi connectivity index (χ1n) is 6.50. The van der Waals surface area contributed by atoms with Crippen LogP contribution in [0.5, 0.6) is 11.5 Å². The number of carbonyl (C=O) groups excluding carboxylic acids is 1. The van der Waals surface area contributed by atoms with Gasteiger partial charge in [-0.15, -0.1) is 0 Å². The lowest BCUT2D eigenvalue weighted by atomic mass is 10.2. The molecule has 2 aromatic rings. The first-order valence-corrected chi connectivity index (χ1v) is 6.88. The number of hydrazone groups is 1. The molecule has 2 rings (SSSR count). The second-order valence-corrected chi connectivity index (χ2v) is 4.76. The van der Waals surface area contributed by atoms with Crippen LogP contribution in [0.2, 0.25) is 5.02 Å². The van der Waals surface area contributed by atoms with Crippen molar-refractivity contribution in [2.45, 2.75) is 6.92 Å². The fourth-order valence-electron chi connectivity index (χ4n) is 1.73. The van der Waals surface area contributed by atoms with Crippen molar-refractivity contribution in [3.05, 3.63) is 53.1 Å². The molecular weight excluding hydrogens is 304 g/mol. The minimum Gasteiger partial charge on any atom is -0.493 e. The number of nitrogens with zero attached hydrogens (tertiary/aromatic N) is 1. The molecule has 0 heterocycles. The molecule has 0 aliphatic carbocycles. The van der Waals surface area contributed by atoms with E-state index in [1.54, 1.807) is 30.5 Å². The molecular formula is C16H15ClN2O3. The number of carbonyl (C=O) groups is 1. The summed E-state index contributed by atoms with van der Waals surface area (Å²) < 4.78 is 10.2. The van der Waals surface area contributed by atoms with Gasteiger partial charge in [-0.1, -0.05) is 23.7 Å². The highest BCUT2D eigenvalue weighted by molar-refractivity contribution is 6.33. The van der Waals surface area contributed by atoms with Gasteiger partial charge in [0.2, 0.25) is 0 Å². The number of esters is 1. The van der Waals surface area contributed by atoms with Gasteiger partial charge in [0.1, 0.15) is 0 Å². The maximum absolute atomic E-state index is 11.0. The van der Waals surface area contributed by atoms with Crippen LogP contribution in [0.3, 0.4) is 0 Å². The van der Waals surface area contributed by atoms with Crippen LogP contribution in [0.25, 0.3) is 0 Å². The van der Waals surface area contributed by atoms with E-state index >= 15 is 0 Å². The van der Waals surface area contributed by atoms with Crippen molar-refractivity contribution in [2.24, 2.45) is 5.10 Å². The van der Waals surface area contributed by atoms with Gasteiger partial charge in [-0.05, 0) is 35.9 Å². The highest BCUT2D eigenvalue weighted by Crippen LogP contribution is 2.27. The number of ether oxygens (including phenoxy) is 2. The van der Waals surface area contributed by atoms with Crippen molar-refractivity contribution in [1.29, 1.82) is 0 Å². The molecule has 0 fully saturated rings. The summed E-state index contributed by atoms with van der Waals surface area (Å²) in [6, 6.07) is 12.4. The number of hydrogen-bond donors (Lipinski definition) is 1. The number of para-hydroxylation sites is 1. The Hall–Kier alpha value is -2.53. The molecule has 114 valence electrons. The third-order valence-electron chi connectivity index (χ3n) is 2.71. The van der Waals surface area contributed by atoms with E-state index in [2.05, 4.69) is 10.5 Å². The lowest BCUT2D eigenvalue weighted by molar-refractivity contribution is -0.132. The Morgan fingerprint density at radius 3 is 2.68 bits per heavy atom. The zero-order chi connectivity index (χ0) is 15.9. The number of hydrogen-bond acceptors (Lipinski definition) is 5. The van der Waals surface area contributed by atoms with Crippen LogP contribution in [-0.4, -0.2) is 19.3 Å². The minimum atomic E-state index is -0.403. The van der Waals surface area contributed by atoms with Crippen LogP contribution in [0.1, 0.15) is 12.5 Å². The quantitative estimate of drug-likeness (QED) is 0.395. The van der Waals surface area contributed by atoms with Crippen LogP contribution in [0.15, 0.2) is 47.6 Å². The molecule has 0 saturated heterocycles. The topological polar surface area (TPSA) is 59.9 Å². The monoisotopic (exact) mass is 318 g/mol. The van der Waals surface area contributed by atoms with E-state index in [1.165, 1.54) is 14.0 Å². The van der Waals surface area contributed by atoms with Gasteiger partial charge in [0.25, 0.3) is 0 Å². The fourth-order valence-corrected chi connectivity index (χ4v) is 1.91. The van der Waals surface area contributed by atoms with Crippen molar-refractivity contribution in [3.63, 3.8) is 0 Å². The first-order chi connectivity index (χ1) is 10.6. The molecule has 6 heteroatoms. The average Bonchev–Trinajstić information content (AvgIpc) is 2.50. The van der Waals surface area contributed by atoms with Gasteiger partial charge in [0.05, 0.1) is 24.0 Å². The number of halogens is 1. The SMILES string of the molecule is COc1cc(/C=N\Nc2ccccc2Cl)ccc1OC(C)=O. The second kappa shape index (κ2) is 7.47. The Morgan fingerprint density at radius 1 is 1.23 bits per heavy atom. The Kier molecular flexibility index (Phi) is 5.38. The van der Waals surface area contributed by atoms with E-state index in [1.807, 2.05) is 18.2 Å². The van der Waals surface area contributed by atoms with E-state index in [0.717, 1.165) is 5.56 Å². The predicted octanol–water partition coefficient (Wildman–Crippen LogP) is 3.72. The van der Waals surface area contributed by atoms with Crippen LogP contribution in [0, 0.1) is 0 Å². The summed E-state index contributed by atoms with van der Waals surface area (Å²) in [7, 11) is 1.51. The summed E-state index contributed by atoms with van der Waals surface area (Å²) in [6.45, 7) is 1.34. The zero-order valence-electron chi connectivity index (χ0n) is 12.2. The Labute approximate surface area is 133 Å². The third-order valence-corrected chi connectivity index (χ3v) is 3.04. The minimum absolute atomic E-state index is 0.367. The molecule has 1 N–H and O–H groups in total. The van der Waals surface area contributed by atoms with Crippen LogP contribution in [0.4, 0.5) is 5.69 Å². The van der Waals surface area contributed by atoms with Gasteiger partial charge >= 0.3 is 5.97 Å². The summed E-state index contributed by atoms with van der Waals surface area (Å²) in [6.07, 6.45) is 1.61. The molecule has 0 saturated carbocycles. The summed E-state index contributed by atoms with van der Waals surface area (Å²) in [5.41, 5.74) is 4.35. The lowest BCUT2D eigenvalue weighted by Crippen LogP contribution is -2.03. The standard InChI is InChI=1S/C16H15ClN2O3/c1-11(20)22-15-8-7-12(9-16(15)21-2)10-18-19-14-6-4-3-5-13(14)17/h3-10,19H,1-2H3/b18-10-. The van der Waals surface area contributed by atoms with E-state index in [-0.39, 0.29) is 0 Å². The van der Waals surface area contributed by atoms with Gasteiger partial charge < -0.3 is 9.47 Å². The molecule has 22 heavy (non-hydrogen) atoms. The molecule has 0 aliphatic heterocycles. The van der Waals surface area contributed by atoms with Crippen LogP contribution in [-0.2, 0) is 4.79 Å². The molecule has 0 atom stereocenters. The number of rotatable bonds is 5. The highest BCUT2D eigenvalue weighted by Gasteiger charge is 2.07. The summed E-state index contributed by atoms with van der Waals surface area (Å²) in [4.78, 5) is 11.0. The van der Waals surface area contributed by atoms with E-state index < -0.39 is 5.97 Å². The van der Waals surface area contributed by atoms with Gasteiger partial charge in [0, 0.05) is 6.92 Å². The van der Waals surface area contributed by atoms with Gasteiger partial charge in [-0.3, -0.25) is 10.2 Å². The fraction of sp³-hybridized carbons (Fsp3) is 0.125. The van der Waals surface area contributed by atoms with Crippen molar-refractivity contribution in [2.75, 3.05) is 12.5 Å². The average molecular weight is 319 g/mol. The predicted molar refractivity (Wildman–Crippen MR) is 87.0 cm³/mol. The highest BCUT2D eigenvalue weighted by atomic mass is 35.5. The molecule has 0 unspecified atom stereocenters. The number of anilines is 1. The molecule has 0 bridgehead atoms. The van der Waals surface area contributed by atoms with Gasteiger partial charge in [-0.25, -0.2) is 0 Å². The molecule has 0 radical (unpaired) electrons. The van der Waals surface area contributed by atoms with E-state index in [0.29, 0.717) is 22.2 Å². The summed E-state index contributed by atoms with van der Waals surface area (Å²) >= 11 is 6.02. The maximum atomic E-state index is 11.0. The van der Waals surface area contributed by atoms with Crippen LogP contribution >= 0.6 is 11.6 Å². The van der Waals surface area contributed by atoms with Gasteiger partial charge in [0.15, 0.2) is 11.5 Å². The number of nitrogens with one attached hydrogen (secondary N) is 1. The Balaban J connectivity index is 2.11. The van der Waals surface area contributed by atoms with E-state index in [4.69, 9.17) is 21.1 Å². The first kappa shape index (κ1) is 15.9. The van der Waals surface area contributed by atoms with Crippen molar-refractivity contribution in [1.82, 2.24) is 0 Å². The van der Waals surface area contributed by atoms with Crippen molar-refractivity contribution < 1.29 is 14.3 Å². The van der Waals surface area contributed by atoms with Crippen molar-refractivity contribution >= 4 is 29.5 Å². The van der Waals surface area contributed by atoms with Gasteiger partial charge in [-0.2, -0.15) is 5.10 Å². The third kappa shape index (κ3) is 4.23. The summed E-state index contributed by atoms with van der Waals surface area (Å²) in [5.74, 6) is 0.420. The molecule has 0 aliphatic rings. The molecule has 5 nitrogen and oxygen atoms in total. The van der Waals surface area contributed by atoms with E-state index in [9.17, 15) is 4.79 Å². The molecule has 0 spiro atoms. The molecule has 2 aromatic carbocycles.